The van der Waals surface area contributed by atoms with Crippen LogP contribution in [0.25, 0.3) is 6.08 Å². The van der Waals surface area contributed by atoms with Crippen LogP contribution in [0.1, 0.15) is 57.6 Å². The lowest BCUT2D eigenvalue weighted by molar-refractivity contribution is -0.208. The largest absolute Gasteiger partial charge is 0.464 e. The number of allylic oxidation sites excluding steroid dienone is 1. The summed E-state index contributed by atoms with van der Waals surface area (Å²) in [4.78, 5) is 37.2. The van der Waals surface area contributed by atoms with Crippen LogP contribution in [0, 0.1) is 6.92 Å². The summed E-state index contributed by atoms with van der Waals surface area (Å²) in [5.74, 6) is -3.67. The molecular weight excluding hydrogens is 428 g/mol. The standard InChI is InChI=1S/C25H36O8/c1-5-30-22(26)21(25(29,23(27)31-6-2)24(28)32-7-3)33-18-12-10-8-9-11-13-20-16-14-19(4)15-17-20/h11,13-17,21,29H,5-10,12,18H2,1-4H3. The van der Waals surface area contributed by atoms with Crippen molar-refractivity contribution in [2.24, 2.45) is 0 Å². The monoisotopic (exact) mass is 464 g/mol. The average Bonchev–Trinajstić information content (AvgIpc) is 2.79. The van der Waals surface area contributed by atoms with Gasteiger partial charge in [0.1, 0.15) is 0 Å². The molecule has 8 nitrogen and oxygen atoms in total. The zero-order valence-electron chi connectivity index (χ0n) is 20.0. The van der Waals surface area contributed by atoms with E-state index >= 15 is 0 Å². The van der Waals surface area contributed by atoms with Crippen molar-refractivity contribution in [1.82, 2.24) is 0 Å². The van der Waals surface area contributed by atoms with E-state index in [9.17, 15) is 19.5 Å². The second kappa shape index (κ2) is 15.2. The second-order valence-electron chi connectivity index (χ2n) is 7.37. The molecule has 184 valence electrons. The molecule has 1 N–H and O–H groups in total. The summed E-state index contributed by atoms with van der Waals surface area (Å²) in [6.45, 7) is 6.43. The molecule has 0 fully saturated rings. The van der Waals surface area contributed by atoms with E-state index in [0.29, 0.717) is 6.42 Å². The highest BCUT2D eigenvalue weighted by atomic mass is 16.6. The minimum atomic E-state index is -2.95. The van der Waals surface area contributed by atoms with Crippen LogP contribution in [0.2, 0.25) is 0 Å². The first kappa shape index (κ1) is 28.3. The third-order valence-electron chi connectivity index (χ3n) is 4.74. The van der Waals surface area contributed by atoms with Crippen molar-refractivity contribution >= 4 is 24.0 Å². The van der Waals surface area contributed by atoms with Crippen LogP contribution >= 0.6 is 0 Å². The van der Waals surface area contributed by atoms with E-state index in [1.807, 2.05) is 6.92 Å². The van der Waals surface area contributed by atoms with Gasteiger partial charge in [-0.05, 0) is 52.5 Å². The molecule has 0 aliphatic rings. The Morgan fingerprint density at radius 1 is 0.909 bits per heavy atom. The molecular formula is C25H36O8. The fourth-order valence-corrected chi connectivity index (χ4v) is 3.00. The summed E-state index contributed by atoms with van der Waals surface area (Å²) in [5, 5.41) is 10.9. The van der Waals surface area contributed by atoms with Gasteiger partial charge in [-0.3, -0.25) is 0 Å². The van der Waals surface area contributed by atoms with Gasteiger partial charge in [0.2, 0.25) is 6.10 Å². The van der Waals surface area contributed by atoms with Crippen molar-refractivity contribution in [3.8, 4) is 0 Å². The highest BCUT2D eigenvalue weighted by Crippen LogP contribution is 2.21. The second-order valence-corrected chi connectivity index (χ2v) is 7.37. The molecule has 1 aromatic rings. The number of aliphatic hydroxyl groups is 1. The van der Waals surface area contributed by atoms with Gasteiger partial charge in [0, 0.05) is 6.61 Å². The van der Waals surface area contributed by atoms with Crippen molar-refractivity contribution in [2.75, 3.05) is 26.4 Å². The van der Waals surface area contributed by atoms with E-state index in [1.54, 1.807) is 6.92 Å². The first-order chi connectivity index (χ1) is 15.8. The van der Waals surface area contributed by atoms with Gasteiger partial charge < -0.3 is 24.1 Å². The molecule has 0 heterocycles. The van der Waals surface area contributed by atoms with Crippen molar-refractivity contribution in [1.29, 1.82) is 0 Å². The number of unbranched alkanes of at least 4 members (excludes halogenated alkanes) is 3. The van der Waals surface area contributed by atoms with Crippen molar-refractivity contribution in [3.05, 3.63) is 41.5 Å². The predicted molar refractivity (Wildman–Crippen MR) is 123 cm³/mol. The van der Waals surface area contributed by atoms with Gasteiger partial charge in [0.05, 0.1) is 19.8 Å². The summed E-state index contributed by atoms with van der Waals surface area (Å²) in [6, 6.07) is 8.24. The number of esters is 3. The van der Waals surface area contributed by atoms with E-state index < -0.39 is 29.6 Å². The number of rotatable bonds is 15. The fourth-order valence-electron chi connectivity index (χ4n) is 3.00. The summed E-state index contributed by atoms with van der Waals surface area (Å²) in [7, 11) is 0. The molecule has 0 spiro atoms. The minimum absolute atomic E-state index is 0.0201. The normalized spacial score (nSPS) is 12.4. The summed E-state index contributed by atoms with van der Waals surface area (Å²) >= 11 is 0. The number of hydrogen-bond donors (Lipinski definition) is 1. The quantitative estimate of drug-likeness (QED) is 0.182. The number of benzene rings is 1. The summed E-state index contributed by atoms with van der Waals surface area (Å²) in [5.41, 5.74) is -0.598. The Bertz CT molecular complexity index is 751. The lowest BCUT2D eigenvalue weighted by Crippen LogP contribution is -2.61. The smallest absolute Gasteiger partial charge is 0.353 e. The molecule has 0 saturated carbocycles. The molecule has 0 aromatic heterocycles. The van der Waals surface area contributed by atoms with E-state index in [2.05, 4.69) is 36.4 Å². The van der Waals surface area contributed by atoms with Crippen LogP contribution < -0.4 is 0 Å². The highest BCUT2D eigenvalue weighted by Gasteiger charge is 2.58. The number of ether oxygens (including phenoxy) is 4. The zero-order valence-corrected chi connectivity index (χ0v) is 20.0. The van der Waals surface area contributed by atoms with Gasteiger partial charge >= 0.3 is 17.9 Å². The highest BCUT2D eigenvalue weighted by molar-refractivity contribution is 6.08. The van der Waals surface area contributed by atoms with Crippen molar-refractivity contribution in [2.45, 2.75) is 65.1 Å². The molecule has 1 atom stereocenters. The SMILES string of the molecule is CCOC(=O)C(OCCCCCC=Cc1ccc(C)cc1)C(O)(C(=O)OCC)C(=O)OCC. The number of hydrogen-bond acceptors (Lipinski definition) is 8. The van der Waals surface area contributed by atoms with Gasteiger partial charge in [0.15, 0.2) is 0 Å². The molecule has 1 rings (SSSR count). The third-order valence-corrected chi connectivity index (χ3v) is 4.74. The van der Waals surface area contributed by atoms with Crippen molar-refractivity contribution in [3.63, 3.8) is 0 Å². The Balaban J connectivity index is 2.67. The summed E-state index contributed by atoms with van der Waals surface area (Å²) in [6.07, 6.45) is 5.34. The predicted octanol–water partition coefficient (Wildman–Crippen LogP) is 3.37. The molecule has 0 aliphatic heterocycles. The van der Waals surface area contributed by atoms with Crippen LogP contribution in [-0.4, -0.2) is 61.1 Å². The molecule has 0 amide bonds. The van der Waals surface area contributed by atoms with Gasteiger partial charge in [-0.2, -0.15) is 0 Å². The molecule has 0 aliphatic carbocycles. The molecule has 1 unspecified atom stereocenters. The Morgan fingerprint density at radius 2 is 1.48 bits per heavy atom. The van der Waals surface area contributed by atoms with Gasteiger partial charge in [-0.15, -0.1) is 0 Å². The number of carbonyl (C=O) groups excluding carboxylic acids is 3. The van der Waals surface area contributed by atoms with Crippen LogP contribution in [-0.2, 0) is 33.3 Å². The Hall–Kier alpha value is -2.71. The molecule has 0 saturated heterocycles. The van der Waals surface area contributed by atoms with Gasteiger partial charge in [0.25, 0.3) is 5.60 Å². The van der Waals surface area contributed by atoms with E-state index in [0.717, 1.165) is 24.8 Å². The lowest BCUT2D eigenvalue weighted by atomic mass is 9.96. The number of aryl methyl sites for hydroxylation is 1. The van der Waals surface area contributed by atoms with Crippen LogP contribution in [0.15, 0.2) is 30.3 Å². The molecule has 0 bridgehead atoms. The van der Waals surface area contributed by atoms with E-state index in [-0.39, 0.29) is 26.4 Å². The number of carbonyl (C=O) groups is 3. The molecule has 0 radical (unpaired) electrons. The first-order valence-electron chi connectivity index (χ1n) is 11.4. The maximum atomic E-state index is 12.4. The minimum Gasteiger partial charge on any atom is -0.464 e. The van der Waals surface area contributed by atoms with Crippen LogP contribution in [0.4, 0.5) is 0 Å². The molecule has 8 heteroatoms. The van der Waals surface area contributed by atoms with E-state index in [1.165, 1.54) is 19.4 Å². The Morgan fingerprint density at radius 3 is 2.03 bits per heavy atom. The third kappa shape index (κ3) is 8.98. The fraction of sp³-hybridized carbons (Fsp3) is 0.560. The summed E-state index contributed by atoms with van der Waals surface area (Å²) < 4.78 is 20.0. The molecule has 1 aromatic carbocycles. The first-order valence-corrected chi connectivity index (χ1v) is 11.4. The maximum absolute atomic E-state index is 12.4. The zero-order chi connectivity index (χ0) is 24.7. The van der Waals surface area contributed by atoms with Crippen molar-refractivity contribution < 1.29 is 38.4 Å². The topological polar surface area (TPSA) is 108 Å². The lowest BCUT2D eigenvalue weighted by Gasteiger charge is -2.30. The van der Waals surface area contributed by atoms with Gasteiger partial charge in [-0.1, -0.05) is 48.4 Å². The van der Waals surface area contributed by atoms with Crippen LogP contribution in [0.3, 0.4) is 0 Å². The van der Waals surface area contributed by atoms with Gasteiger partial charge in [-0.25, -0.2) is 14.4 Å². The molecule has 33 heavy (non-hydrogen) atoms. The van der Waals surface area contributed by atoms with Crippen LogP contribution in [0.5, 0.6) is 0 Å². The Kier molecular flexibility index (Phi) is 13.0. The Labute approximate surface area is 195 Å². The average molecular weight is 465 g/mol. The maximum Gasteiger partial charge on any atom is 0.353 e. The van der Waals surface area contributed by atoms with E-state index in [4.69, 9.17) is 18.9 Å².